The summed E-state index contributed by atoms with van der Waals surface area (Å²) < 4.78 is 0. The lowest BCUT2D eigenvalue weighted by atomic mass is 10.0. The zero-order valence-electron chi connectivity index (χ0n) is 17.1. The van der Waals surface area contributed by atoms with Gasteiger partial charge in [-0.3, -0.25) is 9.79 Å². The van der Waals surface area contributed by atoms with Crippen molar-refractivity contribution in [3.63, 3.8) is 0 Å². The van der Waals surface area contributed by atoms with Crippen LogP contribution in [-0.2, 0) is 17.6 Å². The van der Waals surface area contributed by atoms with Gasteiger partial charge >= 0.3 is 0 Å². The van der Waals surface area contributed by atoms with Crippen LogP contribution in [0.3, 0.4) is 0 Å². The van der Waals surface area contributed by atoms with Crippen LogP contribution in [0, 0.1) is 5.92 Å². The summed E-state index contributed by atoms with van der Waals surface area (Å²) in [6, 6.07) is 9.20. The van der Waals surface area contributed by atoms with Crippen LogP contribution in [0.15, 0.2) is 29.3 Å². The molecule has 6 heteroatoms. The van der Waals surface area contributed by atoms with E-state index in [0.717, 1.165) is 51.3 Å². The molecule has 0 radical (unpaired) electrons. The maximum Gasteiger partial charge on any atom is 0.225 e. The highest BCUT2D eigenvalue weighted by Crippen LogP contribution is 2.13. The number of amides is 1. The highest BCUT2D eigenvalue weighted by atomic mass is 127. The van der Waals surface area contributed by atoms with Crippen molar-refractivity contribution in [2.75, 3.05) is 26.7 Å². The average molecular weight is 486 g/mol. The Bertz CT molecular complexity index is 593. The number of hydrogen-bond donors (Lipinski definition) is 2. The Labute approximate surface area is 181 Å². The molecule has 0 saturated carbocycles. The number of carbonyl (C=O) groups is 1. The molecule has 5 nitrogen and oxygen atoms in total. The molecule has 0 atom stereocenters. The number of halogens is 1. The smallest absolute Gasteiger partial charge is 0.225 e. The van der Waals surface area contributed by atoms with Crippen molar-refractivity contribution in [3.8, 4) is 0 Å². The number of guanidine groups is 1. The predicted molar refractivity (Wildman–Crippen MR) is 124 cm³/mol. The normalized spacial score (nSPS) is 15.4. The molecule has 1 aliphatic rings. The number of aryl methyl sites for hydroxylation is 1. The van der Waals surface area contributed by atoms with Gasteiger partial charge in [0.1, 0.15) is 0 Å². The van der Waals surface area contributed by atoms with Gasteiger partial charge in [-0.25, -0.2) is 0 Å². The van der Waals surface area contributed by atoms with Crippen molar-refractivity contribution in [3.05, 3.63) is 35.4 Å². The fourth-order valence-electron chi connectivity index (χ4n) is 3.26. The second-order valence-corrected chi connectivity index (χ2v) is 7.32. The first-order valence-corrected chi connectivity index (χ1v) is 9.87. The van der Waals surface area contributed by atoms with Crippen LogP contribution in [0.5, 0.6) is 0 Å². The number of nitrogens with zero attached hydrogens (tertiary/aromatic N) is 2. The molecule has 1 saturated heterocycles. The van der Waals surface area contributed by atoms with E-state index in [9.17, 15) is 4.79 Å². The number of aliphatic imine (C=N–C) groups is 1. The van der Waals surface area contributed by atoms with Crippen molar-refractivity contribution >= 4 is 35.8 Å². The lowest BCUT2D eigenvalue weighted by Gasteiger charge is -2.34. The van der Waals surface area contributed by atoms with E-state index < -0.39 is 0 Å². The minimum absolute atomic E-state index is 0. The zero-order chi connectivity index (χ0) is 18.9. The molecule has 0 spiro atoms. The van der Waals surface area contributed by atoms with Gasteiger partial charge in [0.15, 0.2) is 5.96 Å². The molecule has 2 N–H and O–H groups in total. The van der Waals surface area contributed by atoms with Crippen LogP contribution in [0.25, 0.3) is 0 Å². The molecule has 2 rings (SSSR count). The molecule has 0 aliphatic carbocycles. The fraction of sp³-hybridized carbons (Fsp3) is 0.619. The molecule has 1 fully saturated rings. The Balaban J connectivity index is 0.00000364. The first-order valence-electron chi connectivity index (χ1n) is 9.87. The number of hydrogen-bond acceptors (Lipinski definition) is 2. The predicted octanol–water partition coefficient (Wildman–Crippen LogP) is 3.22. The van der Waals surface area contributed by atoms with Gasteiger partial charge in [-0.2, -0.15) is 0 Å². The molecule has 0 unspecified atom stereocenters. The minimum atomic E-state index is 0. The van der Waals surface area contributed by atoms with E-state index in [1.54, 1.807) is 0 Å². The van der Waals surface area contributed by atoms with Crippen molar-refractivity contribution in [2.24, 2.45) is 10.9 Å². The molecule has 1 aliphatic heterocycles. The highest BCUT2D eigenvalue weighted by Gasteiger charge is 2.24. The van der Waals surface area contributed by atoms with Gasteiger partial charge in [-0.05, 0) is 36.8 Å². The number of rotatable bonds is 6. The molecule has 27 heavy (non-hydrogen) atoms. The van der Waals surface area contributed by atoms with Gasteiger partial charge < -0.3 is 15.5 Å². The third-order valence-corrected chi connectivity index (χ3v) is 5.00. The summed E-state index contributed by atoms with van der Waals surface area (Å²) in [4.78, 5) is 18.4. The molecule has 1 heterocycles. The van der Waals surface area contributed by atoms with E-state index in [4.69, 9.17) is 0 Å². The van der Waals surface area contributed by atoms with Gasteiger partial charge in [0.25, 0.3) is 0 Å². The van der Waals surface area contributed by atoms with Crippen molar-refractivity contribution in [1.82, 2.24) is 15.5 Å². The second kappa shape index (κ2) is 12.2. The number of benzene rings is 1. The highest BCUT2D eigenvalue weighted by molar-refractivity contribution is 14.0. The lowest BCUT2D eigenvalue weighted by Crippen LogP contribution is -2.50. The summed E-state index contributed by atoms with van der Waals surface area (Å²) in [5.41, 5.74) is 2.71. The Morgan fingerprint density at radius 2 is 1.78 bits per heavy atom. The van der Waals surface area contributed by atoms with Crippen LogP contribution in [0.4, 0.5) is 0 Å². The monoisotopic (exact) mass is 486 g/mol. The van der Waals surface area contributed by atoms with E-state index in [2.05, 4.69) is 46.8 Å². The van der Waals surface area contributed by atoms with Gasteiger partial charge in [0.05, 0.1) is 0 Å². The Morgan fingerprint density at radius 1 is 1.19 bits per heavy atom. The maximum absolute atomic E-state index is 12.1. The van der Waals surface area contributed by atoms with E-state index in [0.29, 0.717) is 6.04 Å². The largest absolute Gasteiger partial charge is 0.356 e. The molecule has 0 aromatic heterocycles. The average Bonchev–Trinajstić information content (AvgIpc) is 2.67. The first-order chi connectivity index (χ1) is 12.5. The summed E-state index contributed by atoms with van der Waals surface area (Å²) >= 11 is 0. The SMILES string of the molecule is CCc1ccc(CCNC(=NC)NC2CCN(C(=O)C(C)C)CC2)cc1.I. The van der Waals surface area contributed by atoms with Crippen LogP contribution in [0.1, 0.15) is 44.7 Å². The van der Waals surface area contributed by atoms with E-state index in [1.165, 1.54) is 11.1 Å². The molecular weight excluding hydrogens is 451 g/mol. The van der Waals surface area contributed by atoms with Gasteiger partial charge in [0.2, 0.25) is 5.91 Å². The molecular formula is C21H35IN4O. The standard InChI is InChI=1S/C21H34N4O.HI/c1-5-17-6-8-18(9-7-17)10-13-23-21(22-4)24-19-11-14-25(15-12-19)20(26)16(2)3;/h6-9,16,19H,5,10-15H2,1-4H3,(H2,22,23,24);1H. The summed E-state index contributed by atoms with van der Waals surface area (Å²) in [5.74, 6) is 1.20. The van der Waals surface area contributed by atoms with Crippen LogP contribution < -0.4 is 10.6 Å². The number of carbonyl (C=O) groups excluding carboxylic acids is 1. The van der Waals surface area contributed by atoms with Gasteiger partial charge in [-0.15, -0.1) is 24.0 Å². The summed E-state index contributed by atoms with van der Waals surface area (Å²) in [5, 5.41) is 6.90. The van der Waals surface area contributed by atoms with Gasteiger partial charge in [-0.1, -0.05) is 45.0 Å². The third kappa shape index (κ3) is 7.68. The van der Waals surface area contributed by atoms with Crippen molar-refractivity contribution in [1.29, 1.82) is 0 Å². The van der Waals surface area contributed by atoms with E-state index in [1.807, 2.05) is 25.8 Å². The Hall–Kier alpha value is -1.31. The van der Waals surface area contributed by atoms with Crippen LogP contribution in [0.2, 0.25) is 0 Å². The molecule has 152 valence electrons. The van der Waals surface area contributed by atoms with Crippen LogP contribution >= 0.6 is 24.0 Å². The zero-order valence-corrected chi connectivity index (χ0v) is 19.5. The number of nitrogens with one attached hydrogen (secondary N) is 2. The first kappa shape index (κ1) is 23.7. The summed E-state index contributed by atoms with van der Waals surface area (Å²) in [6.45, 7) is 8.62. The fourth-order valence-corrected chi connectivity index (χ4v) is 3.26. The molecule has 0 bridgehead atoms. The second-order valence-electron chi connectivity index (χ2n) is 7.32. The number of piperidine rings is 1. The third-order valence-electron chi connectivity index (χ3n) is 5.00. The Kier molecular flexibility index (Phi) is 10.7. The number of likely N-dealkylation sites (tertiary alicyclic amines) is 1. The van der Waals surface area contributed by atoms with Crippen LogP contribution in [-0.4, -0.2) is 49.5 Å². The van der Waals surface area contributed by atoms with E-state index >= 15 is 0 Å². The molecule has 1 amide bonds. The minimum Gasteiger partial charge on any atom is -0.356 e. The molecule has 1 aromatic carbocycles. The lowest BCUT2D eigenvalue weighted by molar-refractivity contribution is -0.135. The Morgan fingerprint density at radius 3 is 2.30 bits per heavy atom. The maximum atomic E-state index is 12.1. The van der Waals surface area contributed by atoms with Crippen molar-refractivity contribution in [2.45, 2.75) is 52.5 Å². The molecule has 1 aromatic rings. The summed E-state index contributed by atoms with van der Waals surface area (Å²) in [6.07, 6.45) is 4.00. The van der Waals surface area contributed by atoms with Gasteiger partial charge in [0, 0.05) is 38.6 Å². The van der Waals surface area contributed by atoms with E-state index in [-0.39, 0.29) is 35.8 Å². The topological polar surface area (TPSA) is 56.7 Å². The quantitative estimate of drug-likeness (QED) is 0.369. The summed E-state index contributed by atoms with van der Waals surface area (Å²) in [7, 11) is 1.81. The van der Waals surface area contributed by atoms with Crippen molar-refractivity contribution < 1.29 is 4.79 Å².